The van der Waals surface area contributed by atoms with Crippen molar-refractivity contribution in [3.05, 3.63) is 0 Å². The highest BCUT2D eigenvalue weighted by molar-refractivity contribution is 5.05. The van der Waals surface area contributed by atoms with Crippen LogP contribution in [0.5, 0.6) is 0 Å². The van der Waals surface area contributed by atoms with Crippen molar-refractivity contribution in [3.8, 4) is 0 Å². The van der Waals surface area contributed by atoms with E-state index in [0.717, 1.165) is 26.2 Å². The molecule has 0 aromatic carbocycles. The standard InChI is InChI=1S/C11H20N2O/c1-2-10(5-7-12-6-1)8-13-9-11(14-10)3-4-11/h12-13H,1-9H2. The van der Waals surface area contributed by atoms with Gasteiger partial charge in [-0.1, -0.05) is 0 Å². The van der Waals surface area contributed by atoms with Crippen molar-refractivity contribution < 1.29 is 4.74 Å². The Kier molecular flexibility index (Phi) is 2.08. The molecule has 3 rings (SSSR count). The summed E-state index contributed by atoms with van der Waals surface area (Å²) in [5.41, 5.74) is 0.418. The molecule has 14 heavy (non-hydrogen) atoms. The fourth-order valence-electron chi connectivity index (χ4n) is 2.85. The maximum absolute atomic E-state index is 6.39. The molecule has 1 aliphatic carbocycles. The van der Waals surface area contributed by atoms with Crippen LogP contribution >= 0.6 is 0 Å². The summed E-state index contributed by atoms with van der Waals surface area (Å²) in [5, 5.41) is 7.03. The van der Waals surface area contributed by atoms with Crippen LogP contribution in [0.3, 0.4) is 0 Å². The van der Waals surface area contributed by atoms with Gasteiger partial charge in [-0.25, -0.2) is 0 Å². The van der Waals surface area contributed by atoms with Crippen LogP contribution in [0, 0.1) is 0 Å². The van der Waals surface area contributed by atoms with Crippen LogP contribution in [-0.2, 0) is 4.74 Å². The maximum atomic E-state index is 6.39. The van der Waals surface area contributed by atoms with Gasteiger partial charge in [0.15, 0.2) is 0 Å². The van der Waals surface area contributed by atoms with Crippen LogP contribution in [0.25, 0.3) is 0 Å². The number of hydrogen-bond donors (Lipinski definition) is 2. The van der Waals surface area contributed by atoms with E-state index in [1.165, 1.54) is 32.1 Å². The third kappa shape index (κ3) is 1.58. The van der Waals surface area contributed by atoms with Crippen molar-refractivity contribution in [3.63, 3.8) is 0 Å². The smallest absolute Gasteiger partial charge is 0.0827 e. The van der Waals surface area contributed by atoms with E-state index in [2.05, 4.69) is 10.6 Å². The Hall–Kier alpha value is -0.120. The number of nitrogens with one attached hydrogen (secondary N) is 2. The van der Waals surface area contributed by atoms with E-state index in [1.807, 2.05) is 0 Å². The molecule has 1 saturated carbocycles. The van der Waals surface area contributed by atoms with E-state index in [9.17, 15) is 0 Å². The normalized spacial score (nSPS) is 41.1. The van der Waals surface area contributed by atoms with Gasteiger partial charge in [-0.2, -0.15) is 0 Å². The minimum Gasteiger partial charge on any atom is -0.366 e. The minimum atomic E-state index is 0.165. The van der Waals surface area contributed by atoms with Crippen molar-refractivity contribution in [2.24, 2.45) is 0 Å². The fraction of sp³-hybridized carbons (Fsp3) is 1.00. The summed E-state index contributed by atoms with van der Waals surface area (Å²) in [6.45, 7) is 4.44. The van der Waals surface area contributed by atoms with E-state index in [-0.39, 0.29) is 11.2 Å². The fourth-order valence-corrected chi connectivity index (χ4v) is 2.85. The molecule has 2 N–H and O–H groups in total. The lowest BCUT2D eigenvalue weighted by Crippen LogP contribution is -2.55. The van der Waals surface area contributed by atoms with E-state index in [4.69, 9.17) is 4.74 Å². The molecular formula is C11H20N2O. The largest absolute Gasteiger partial charge is 0.366 e. The highest BCUT2D eigenvalue weighted by atomic mass is 16.5. The molecule has 1 atom stereocenters. The summed E-state index contributed by atoms with van der Waals surface area (Å²) >= 11 is 0. The first-order valence-electron chi connectivity index (χ1n) is 5.94. The average Bonchev–Trinajstić information content (AvgIpc) is 2.94. The first-order valence-corrected chi connectivity index (χ1v) is 5.94. The lowest BCUT2D eigenvalue weighted by atomic mass is 9.92. The molecule has 2 saturated heterocycles. The molecule has 0 bridgehead atoms. The predicted molar refractivity (Wildman–Crippen MR) is 55.4 cm³/mol. The molecule has 0 radical (unpaired) electrons. The molecular weight excluding hydrogens is 176 g/mol. The monoisotopic (exact) mass is 196 g/mol. The molecule has 1 unspecified atom stereocenters. The van der Waals surface area contributed by atoms with Gasteiger partial charge in [-0.05, 0) is 45.2 Å². The molecule has 3 fully saturated rings. The van der Waals surface area contributed by atoms with E-state index in [0.29, 0.717) is 0 Å². The van der Waals surface area contributed by atoms with Crippen LogP contribution in [0.2, 0.25) is 0 Å². The summed E-state index contributed by atoms with van der Waals surface area (Å²) in [7, 11) is 0. The van der Waals surface area contributed by atoms with Gasteiger partial charge in [0.2, 0.25) is 0 Å². The molecule has 0 aromatic rings. The molecule has 2 heterocycles. The highest BCUT2D eigenvalue weighted by Gasteiger charge is 2.52. The Balaban J connectivity index is 1.73. The van der Waals surface area contributed by atoms with Gasteiger partial charge >= 0.3 is 0 Å². The Morgan fingerprint density at radius 3 is 2.36 bits per heavy atom. The van der Waals surface area contributed by atoms with Crippen molar-refractivity contribution in [2.45, 2.75) is 43.3 Å². The zero-order valence-electron chi connectivity index (χ0n) is 8.77. The number of rotatable bonds is 0. The van der Waals surface area contributed by atoms with Gasteiger partial charge in [-0.3, -0.25) is 0 Å². The number of hydrogen-bond acceptors (Lipinski definition) is 3. The van der Waals surface area contributed by atoms with Gasteiger partial charge in [0.1, 0.15) is 0 Å². The van der Waals surface area contributed by atoms with Gasteiger partial charge in [0.25, 0.3) is 0 Å². The Morgan fingerprint density at radius 1 is 0.786 bits per heavy atom. The first-order chi connectivity index (χ1) is 6.83. The van der Waals surface area contributed by atoms with Gasteiger partial charge in [-0.15, -0.1) is 0 Å². The lowest BCUT2D eigenvalue weighted by molar-refractivity contribution is -0.136. The molecule has 2 aliphatic heterocycles. The second-order valence-corrected chi connectivity index (χ2v) is 5.18. The SMILES string of the molecule is C1CNCCC2(C1)CNCC1(CC1)O2. The van der Waals surface area contributed by atoms with Gasteiger partial charge < -0.3 is 15.4 Å². The average molecular weight is 196 g/mol. The zero-order chi connectivity index (χ0) is 9.49. The lowest BCUT2D eigenvalue weighted by Gasteiger charge is -2.42. The second kappa shape index (κ2) is 3.19. The van der Waals surface area contributed by atoms with Crippen LogP contribution in [-0.4, -0.2) is 37.4 Å². The van der Waals surface area contributed by atoms with Crippen LogP contribution < -0.4 is 10.6 Å². The van der Waals surface area contributed by atoms with E-state index < -0.39 is 0 Å². The predicted octanol–water partition coefficient (Wildman–Crippen LogP) is 0.651. The minimum absolute atomic E-state index is 0.165. The summed E-state index contributed by atoms with van der Waals surface area (Å²) in [5.74, 6) is 0. The van der Waals surface area contributed by atoms with Crippen molar-refractivity contribution >= 4 is 0 Å². The number of ether oxygens (including phenoxy) is 1. The first kappa shape index (κ1) is 9.13. The second-order valence-electron chi connectivity index (χ2n) is 5.18. The quantitative estimate of drug-likeness (QED) is 0.597. The number of morpholine rings is 1. The summed E-state index contributed by atoms with van der Waals surface area (Å²) in [6, 6.07) is 0. The molecule has 2 spiro atoms. The van der Waals surface area contributed by atoms with Crippen LogP contribution in [0.4, 0.5) is 0 Å². The van der Waals surface area contributed by atoms with Crippen LogP contribution in [0.15, 0.2) is 0 Å². The molecule has 3 heteroatoms. The van der Waals surface area contributed by atoms with Gasteiger partial charge in [0.05, 0.1) is 11.2 Å². The van der Waals surface area contributed by atoms with E-state index >= 15 is 0 Å². The topological polar surface area (TPSA) is 33.3 Å². The molecule has 3 nitrogen and oxygen atoms in total. The maximum Gasteiger partial charge on any atom is 0.0827 e. The van der Waals surface area contributed by atoms with Gasteiger partial charge in [0, 0.05) is 13.1 Å². The summed E-state index contributed by atoms with van der Waals surface area (Å²) in [6.07, 6.45) is 6.22. The van der Waals surface area contributed by atoms with Crippen LogP contribution in [0.1, 0.15) is 32.1 Å². The third-order valence-electron chi connectivity index (χ3n) is 3.88. The summed E-state index contributed by atoms with van der Waals surface area (Å²) < 4.78 is 6.39. The van der Waals surface area contributed by atoms with E-state index in [1.54, 1.807) is 0 Å². The third-order valence-corrected chi connectivity index (χ3v) is 3.88. The Morgan fingerprint density at radius 2 is 1.57 bits per heavy atom. The van der Waals surface area contributed by atoms with Crippen molar-refractivity contribution in [1.29, 1.82) is 0 Å². The Labute approximate surface area is 85.6 Å². The van der Waals surface area contributed by atoms with Crippen molar-refractivity contribution in [1.82, 2.24) is 10.6 Å². The molecule has 0 aromatic heterocycles. The molecule has 80 valence electrons. The Bertz CT molecular complexity index is 217. The highest BCUT2D eigenvalue weighted by Crippen LogP contribution is 2.46. The summed E-state index contributed by atoms with van der Waals surface area (Å²) in [4.78, 5) is 0. The van der Waals surface area contributed by atoms with Crippen molar-refractivity contribution in [2.75, 3.05) is 26.2 Å². The molecule has 0 amide bonds. The zero-order valence-corrected chi connectivity index (χ0v) is 8.77. The molecule has 3 aliphatic rings.